The Bertz CT molecular complexity index is 2800. The lowest BCUT2D eigenvalue weighted by atomic mass is 9.95. The minimum Gasteiger partial charge on any atom is -0.497 e. The molecule has 8 rings (SSSR count). The van der Waals surface area contributed by atoms with E-state index in [1.807, 2.05) is 0 Å². The van der Waals surface area contributed by atoms with Gasteiger partial charge in [0.15, 0.2) is 0 Å². The van der Waals surface area contributed by atoms with E-state index >= 15 is 0 Å². The maximum absolute atomic E-state index is 13.6. The number of nitrogens with one attached hydrogen (secondary N) is 1. The quantitative estimate of drug-likeness (QED) is 0.180. The second-order valence-electron chi connectivity index (χ2n) is 12.5. The van der Waals surface area contributed by atoms with E-state index in [0.717, 1.165) is 5.56 Å². The van der Waals surface area contributed by atoms with Crippen LogP contribution in [0.2, 0.25) is 30.1 Å². The molecule has 2 amide bonds. The minimum atomic E-state index is -0.558. The summed E-state index contributed by atoms with van der Waals surface area (Å²) in [5.74, 6) is 0.0783. The third-order valence-corrected chi connectivity index (χ3v) is 11.0. The summed E-state index contributed by atoms with van der Waals surface area (Å²) in [7, 11) is 3.02. The second-order valence-corrected chi connectivity index (χ2v) is 15.0. The smallest absolute Gasteiger partial charge is 0.352 e. The Morgan fingerprint density at radius 2 is 1.14 bits per heavy atom. The zero-order chi connectivity index (χ0) is 41.4. The van der Waals surface area contributed by atoms with Gasteiger partial charge in [-0.05, 0) is 83.9 Å². The van der Waals surface area contributed by atoms with Crippen LogP contribution < -0.4 is 25.4 Å². The number of carbonyl (C=O) groups is 1. The molecule has 294 valence electrons. The van der Waals surface area contributed by atoms with E-state index in [1.165, 1.54) is 54.1 Å². The number of nitrogens with zero attached hydrogens (tertiary/aromatic N) is 3. The second kappa shape index (κ2) is 17.0. The Labute approximate surface area is 360 Å². The number of anilines is 2. The molecule has 0 saturated heterocycles. The predicted octanol–water partition coefficient (Wildman–Crippen LogP) is 13.0. The van der Waals surface area contributed by atoms with Crippen molar-refractivity contribution in [3.63, 3.8) is 0 Å². The molecule has 0 radical (unpaired) electrons. The molecule has 16 heteroatoms. The predicted molar refractivity (Wildman–Crippen MR) is 229 cm³/mol. The third-order valence-electron chi connectivity index (χ3n) is 9.16. The van der Waals surface area contributed by atoms with E-state index in [9.17, 15) is 18.4 Å². The molecule has 1 aromatic heterocycles. The van der Waals surface area contributed by atoms with Gasteiger partial charge in [-0.25, -0.2) is 23.4 Å². The van der Waals surface area contributed by atoms with Crippen molar-refractivity contribution in [2.45, 2.75) is 6.54 Å². The van der Waals surface area contributed by atoms with Gasteiger partial charge in [-0.1, -0.05) is 81.7 Å². The Balaban J connectivity index is 0.000000177. The standard InChI is InChI=1S/C21H14Cl3FN2O2.C21H12Cl3FN2O2/c2*1-29-12-8-14(13-6-5-11(25)7-18(13)24)15-10-26-21(28)27(19(15)9-12)20-16(22)3-2-4-17(20)23/h2-9H,10H2,1H3,(H,26,28);2-10H,1H3. The molecule has 8 nitrogen and oxygen atoms in total. The summed E-state index contributed by atoms with van der Waals surface area (Å²) in [5, 5.41) is 5.12. The summed E-state index contributed by atoms with van der Waals surface area (Å²) in [6, 6.07) is 24.8. The number of halogens is 8. The average molecular weight is 901 g/mol. The van der Waals surface area contributed by atoms with Crippen molar-refractivity contribution in [2.24, 2.45) is 0 Å². The van der Waals surface area contributed by atoms with E-state index in [1.54, 1.807) is 72.8 Å². The number of hydrogen-bond acceptors (Lipinski definition) is 5. The van der Waals surface area contributed by atoms with Gasteiger partial charge in [0.2, 0.25) is 0 Å². The summed E-state index contributed by atoms with van der Waals surface area (Å²) in [5.41, 5.74) is 4.41. The molecule has 1 N–H and O–H groups in total. The fourth-order valence-corrected chi connectivity index (χ4v) is 8.21. The molecule has 0 saturated carbocycles. The third kappa shape index (κ3) is 7.88. The van der Waals surface area contributed by atoms with E-state index < -0.39 is 17.3 Å². The number of hydrogen-bond donors (Lipinski definition) is 1. The molecule has 0 bridgehead atoms. The number of aromatic nitrogens is 2. The number of rotatable bonds is 6. The number of para-hydroxylation sites is 2. The number of urea groups is 1. The first-order valence-electron chi connectivity index (χ1n) is 17.0. The first-order valence-corrected chi connectivity index (χ1v) is 19.3. The monoisotopic (exact) mass is 898 g/mol. The summed E-state index contributed by atoms with van der Waals surface area (Å²) < 4.78 is 39.3. The molecular weight excluding hydrogens is 875 g/mol. The fraction of sp³-hybridized carbons (Fsp3) is 0.0714. The zero-order valence-corrected chi connectivity index (χ0v) is 34.6. The van der Waals surface area contributed by atoms with Gasteiger partial charge in [-0.15, -0.1) is 0 Å². The summed E-state index contributed by atoms with van der Waals surface area (Å²) in [6.45, 7) is 0.250. The minimum absolute atomic E-state index is 0.216. The normalized spacial score (nSPS) is 12.1. The van der Waals surface area contributed by atoms with Crippen molar-refractivity contribution >= 4 is 97.9 Å². The van der Waals surface area contributed by atoms with Crippen molar-refractivity contribution in [2.75, 3.05) is 19.1 Å². The number of amides is 2. The lowest BCUT2D eigenvalue weighted by molar-refractivity contribution is 0.247. The van der Waals surface area contributed by atoms with Crippen molar-refractivity contribution < 1.29 is 23.0 Å². The maximum atomic E-state index is 13.6. The number of benzene rings is 6. The molecule has 58 heavy (non-hydrogen) atoms. The van der Waals surface area contributed by atoms with Gasteiger partial charge in [-0.2, -0.15) is 0 Å². The summed E-state index contributed by atoms with van der Waals surface area (Å²) >= 11 is 38.0. The van der Waals surface area contributed by atoms with Crippen LogP contribution >= 0.6 is 69.6 Å². The average Bonchev–Trinajstić information content (AvgIpc) is 3.19. The Hall–Kier alpha value is -5.07. The molecule has 0 spiro atoms. The van der Waals surface area contributed by atoms with E-state index in [4.69, 9.17) is 79.1 Å². The van der Waals surface area contributed by atoms with E-state index in [-0.39, 0.29) is 32.7 Å². The molecule has 1 aliphatic rings. The van der Waals surface area contributed by atoms with Gasteiger partial charge in [0.1, 0.15) is 23.1 Å². The molecule has 2 heterocycles. The molecule has 7 aromatic rings. The fourth-order valence-electron chi connectivity index (χ4n) is 6.54. The molecule has 0 aliphatic carbocycles. The van der Waals surface area contributed by atoms with Crippen LogP contribution in [0, 0.1) is 11.6 Å². The van der Waals surface area contributed by atoms with Crippen molar-refractivity contribution in [1.29, 1.82) is 0 Å². The first kappa shape index (κ1) is 41.1. The van der Waals surface area contributed by atoms with Crippen LogP contribution in [0.3, 0.4) is 0 Å². The highest BCUT2D eigenvalue weighted by molar-refractivity contribution is 6.40. The largest absolute Gasteiger partial charge is 0.497 e. The van der Waals surface area contributed by atoms with Crippen LogP contribution in [0.15, 0.2) is 108 Å². The molecule has 0 atom stereocenters. The highest BCUT2D eigenvalue weighted by Crippen LogP contribution is 2.46. The van der Waals surface area contributed by atoms with Crippen LogP contribution in [0.5, 0.6) is 11.5 Å². The Kier molecular flexibility index (Phi) is 12.1. The van der Waals surface area contributed by atoms with Gasteiger partial charge < -0.3 is 14.8 Å². The van der Waals surface area contributed by atoms with Crippen molar-refractivity contribution in [3.8, 4) is 39.4 Å². The topological polar surface area (TPSA) is 85.7 Å². The van der Waals surface area contributed by atoms with E-state index in [2.05, 4.69) is 10.3 Å². The molecule has 0 fully saturated rings. The van der Waals surface area contributed by atoms with Gasteiger partial charge in [-0.3, -0.25) is 9.47 Å². The summed E-state index contributed by atoms with van der Waals surface area (Å²) in [4.78, 5) is 30.9. The van der Waals surface area contributed by atoms with Crippen molar-refractivity contribution in [1.82, 2.24) is 14.9 Å². The lowest BCUT2D eigenvalue weighted by Gasteiger charge is -2.33. The highest BCUT2D eigenvalue weighted by Gasteiger charge is 2.31. The van der Waals surface area contributed by atoms with Gasteiger partial charge in [0, 0.05) is 47.0 Å². The lowest BCUT2D eigenvalue weighted by Crippen LogP contribution is -2.41. The SMILES string of the molecule is COc1cc(-c2ccc(F)cc2Cl)c2c(c1)N(c1c(Cl)cccc1Cl)C(=O)NC2.COc1cc(-c2ccc(F)cc2Cl)c2cnc(=O)n(-c3c(Cl)cccc3Cl)c2c1. The molecule has 1 aliphatic heterocycles. The Morgan fingerprint density at radius 1 is 0.621 bits per heavy atom. The summed E-state index contributed by atoms with van der Waals surface area (Å²) in [6.07, 6.45) is 1.44. The van der Waals surface area contributed by atoms with Crippen LogP contribution in [-0.4, -0.2) is 29.8 Å². The number of fused-ring (bicyclic) bond motifs is 2. The number of carbonyl (C=O) groups excluding carboxylic acids is 1. The molecular formula is C42H26Cl6F2N4O4. The first-order chi connectivity index (χ1) is 27.8. The van der Waals surface area contributed by atoms with Crippen molar-refractivity contribution in [3.05, 3.63) is 161 Å². The molecule has 0 unspecified atom stereocenters. The van der Waals surface area contributed by atoms with Crippen LogP contribution in [0.25, 0.3) is 38.8 Å². The van der Waals surface area contributed by atoms with Gasteiger partial charge in [0.05, 0.1) is 66.9 Å². The number of methoxy groups -OCH3 is 2. The van der Waals surface area contributed by atoms with Gasteiger partial charge >= 0.3 is 11.7 Å². The highest BCUT2D eigenvalue weighted by atomic mass is 35.5. The van der Waals surface area contributed by atoms with Crippen LogP contribution in [0.1, 0.15) is 5.56 Å². The van der Waals surface area contributed by atoms with Gasteiger partial charge in [0.25, 0.3) is 0 Å². The number of ether oxygens (including phenoxy) is 2. The zero-order valence-electron chi connectivity index (χ0n) is 30.0. The molecule has 6 aromatic carbocycles. The van der Waals surface area contributed by atoms with E-state index in [0.29, 0.717) is 71.8 Å². The maximum Gasteiger partial charge on any atom is 0.352 e. The Morgan fingerprint density at radius 3 is 1.69 bits per heavy atom. The van der Waals surface area contributed by atoms with Crippen LogP contribution in [-0.2, 0) is 6.54 Å². The van der Waals surface area contributed by atoms with Crippen LogP contribution in [0.4, 0.5) is 25.0 Å².